The van der Waals surface area contributed by atoms with E-state index in [1.54, 1.807) is 36.4 Å². The van der Waals surface area contributed by atoms with E-state index in [1.165, 1.54) is 26.7 Å². The molecule has 0 unspecified atom stereocenters. The van der Waals surface area contributed by atoms with Gasteiger partial charge >= 0.3 is 5.69 Å². The molecule has 4 aromatic heterocycles. The summed E-state index contributed by atoms with van der Waals surface area (Å²) < 4.78 is 9.03. The summed E-state index contributed by atoms with van der Waals surface area (Å²) in [6, 6.07) is 10.6. The molecule has 0 saturated heterocycles. The lowest BCUT2D eigenvalue weighted by Crippen LogP contribution is -2.30. The van der Waals surface area contributed by atoms with E-state index in [0.29, 0.717) is 27.6 Å². The van der Waals surface area contributed by atoms with Crippen molar-refractivity contribution in [3.63, 3.8) is 0 Å². The lowest BCUT2D eigenvalue weighted by molar-refractivity contribution is 0.0972. The molecule has 0 N–H and O–H groups in total. The molecule has 5 rings (SSSR count). The van der Waals surface area contributed by atoms with Crippen molar-refractivity contribution in [3.05, 3.63) is 73.6 Å². The Morgan fingerprint density at radius 2 is 1.97 bits per heavy atom. The molecule has 0 bridgehead atoms. The topological polar surface area (TPSA) is 82.4 Å². The Hall–Kier alpha value is -3.04. The van der Waals surface area contributed by atoms with Crippen molar-refractivity contribution in [3.8, 4) is 11.6 Å². The van der Waals surface area contributed by atoms with Crippen LogP contribution in [-0.2, 0) is 6.54 Å². The predicted octanol–water partition coefficient (Wildman–Crippen LogP) is 4.63. The average molecular weight is 483 g/mol. The smallest absolute Gasteiger partial charge is 0.352 e. The maximum Gasteiger partial charge on any atom is 0.352 e. The Morgan fingerprint density at radius 3 is 2.67 bits per heavy atom. The van der Waals surface area contributed by atoms with Crippen molar-refractivity contribution in [2.45, 2.75) is 20.4 Å². The number of aromatic nitrogens is 4. The zero-order valence-electron chi connectivity index (χ0n) is 16.0. The highest BCUT2D eigenvalue weighted by Gasteiger charge is 2.22. The van der Waals surface area contributed by atoms with Crippen molar-refractivity contribution < 1.29 is 9.21 Å². The average Bonchev–Trinajstić information content (AvgIpc) is 3.45. The zero-order chi connectivity index (χ0) is 21.0. The lowest BCUT2D eigenvalue weighted by Gasteiger charge is -2.08. The van der Waals surface area contributed by atoms with E-state index in [9.17, 15) is 9.59 Å². The largest absolute Gasteiger partial charge is 0.461 e. The molecule has 0 aliphatic rings. The number of nitrogens with zero attached hydrogens (tertiary/aromatic N) is 4. The fourth-order valence-electron chi connectivity index (χ4n) is 3.39. The SMILES string of the molecule is Cc1sc2c(c1C)c1nc(-c3ccco3)nn1c(=O)n2CC(=O)c1ccc(Br)cc1. The number of fused-ring (bicyclic) bond motifs is 3. The van der Waals surface area contributed by atoms with Gasteiger partial charge in [-0.2, -0.15) is 4.52 Å². The van der Waals surface area contributed by atoms with Crippen LogP contribution in [0.15, 0.2) is 56.3 Å². The third-order valence-electron chi connectivity index (χ3n) is 5.06. The molecule has 1 aromatic carbocycles. The summed E-state index contributed by atoms with van der Waals surface area (Å²) in [5.41, 5.74) is 1.62. The molecule has 0 saturated carbocycles. The minimum Gasteiger partial charge on any atom is -0.461 e. The number of Topliss-reactive ketones (excluding diaryl/α,β-unsaturated/α-hetero) is 1. The van der Waals surface area contributed by atoms with Crippen LogP contribution in [-0.4, -0.2) is 24.9 Å². The molecule has 4 heterocycles. The van der Waals surface area contributed by atoms with E-state index in [1.807, 2.05) is 13.8 Å². The van der Waals surface area contributed by atoms with Gasteiger partial charge in [-0.25, -0.2) is 9.78 Å². The second-order valence-corrected chi connectivity index (χ2v) is 9.03. The van der Waals surface area contributed by atoms with Gasteiger partial charge in [-0.15, -0.1) is 16.4 Å². The van der Waals surface area contributed by atoms with E-state index in [4.69, 9.17) is 4.42 Å². The monoisotopic (exact) mass is 482 g/mol. The molecular weight excluding hydrogens is 468 g/mol. The van der Waals surface area contributed by atoms with E-state index in [0.717, 1.165) is 20.3 Å². The van der Waals surface area contributed by atoms with E-state index in [2.05, 4.69) is 26.0 Å². The molecule has 0 aliphatic heterocycles. The van der Waals surface area contributed by atoms with E-state index in [-0.39, 0.29) is 12.3 Å². The van der Waals surface area contributed by atoms with Crippen LogP contribution in [0.25, 0.3) is 27.4 Å². The highest BCUT2D eigenvalue weighted by molar-refractivity contribution is 9.10. The molecule has 0 atom stereocenters. The Balaban J connectivity index is 1.73. The Bertz CT molecular complexity index is 1480. The summed E-state index contributed by atoms with van der Waals surface area (Å²) in [6.07, 6.45) is 1.53. The quantitative estimate of drug-likeness (QED) is 0.348. The van der Waals surface area contributed by atoms with Gasteiger partial charge in [0.15, 0.2) is 17.2 Å². The van der Waals surface area contributed by atoms with Gasteiger partial charge in [-0.05, 0) is 43.7 Å². The van der Waals surface area contributed by atoms with Crippen molar-refractivity contribution >= 4 is 48.9 Å². The normalized spacial score (nSPS) is 11.6. The van der Waals surface area contributed by atoms with Gasteiger partial charge < -0.3 is 4.42 Å². The van der Waals surface area contributed by atoms with Crippen LogP contribution < -0.4 is 5.69 Å². The van der Waals surface area contributed by atoms with Crippen molar-refractivity contribution in [2.75, 3.05) is 0 Å². The van der Waals surface area contributed by atoms with Gasteiger partial charge in [0.25, 0.3) is 0 Å². The third-order valence-corrected chi connectivity index (χ3v) is 6.82. The molecule has 0 radical (unpaired) electrons. The maximum absolute atomic E-state index is 13.3. The minimum atomic E-state index is -0.408. The van der Waals surface area contributed by atoms with Gasteiger partial charge in [0.05, 0.1) is 18.2 Å². The number of carbonyl (C=O) groups excluding carboxylic acids is 1. The molecule has 0 spiro atoms. The van der Waals surface area contributed by atoms with Crippen molar-refractivity contribution in [1.29, 1.82) is 0 Å². The fraction of sp³-hybridized carbons (Fsp3) is 0.143. The highest BCUT2D eigenvalue weighted by atomic mass is 79.9. The molecule has 0 aliphatic carbocycles. The summed E-state index contributed by atoms with van der Waals surface area (Å²) in [7, 11) is 0. The van der Waals surface area contributed by atoms with Gasteiger partial charge in [0.1, 0.15) is 4.83 Å². The molecule has 0 fully saturated rings. The minimum absolute atomic E-state index is 0.0811. The summed E-state index contributed by atoms with van der Waals surface area (Å²) in [4.78, 5) is 32.6. The third kappa shape index (κ3) is 2.93. The van der Waals surface area contributed by atoms with Crippen LogP contribution in [0.1, 0.15) is 20.8 Å². The summed E-state index contributed by atoms with van der Waals surface area (Å²) >= 11 is 4.85. The highest BCUT2D eigenvalue weighted by Crippen LogP contribution is 2.32. The first kappa shape index (κ1) is 19.0. The predicted molar refractivity (Wildman–Crippen MR) is 118 cm³/mol. The van der Waals surface area contributed by atoms with Crippen molar-refractivity contribution in [1.82, 2.24) is 19.2 Å². The summed E-state index contributed by atoms with van der Waals surface area (Å²) in [5, 5.41) is 5.20. The number of rotatable bonds is 4. The van der Waals surface area contributed by atoms with Crippen LogP contribution in [0.2, 0.25) is 0 Å². The van der Waals surface area contributed by atoms with Crippen LogP contribution >= 0.6 is 27.3 Å². The van der Waals surface area contributed by atoms with Crippen LogP contribution in [0.3, 0.4) is 0 Å². The van der Waals surface area contributed by atoms with Crippen LogP contribution in [0.4, 0.5) is 0 Å². The number of halogens is 1. The number of carbonyl (C=O) groups is 1. The molecule has 150 valence electrons. The number of benzene rings is 1. The second-order valence-electron chi connectivity index (χ2n) is 6.91. The number of furan rings is 1. The Labute approximate surface area is 182 Å². The standard InChI is InChI=1S/C21H15BrN4O3S/c1-11-12(2)30-20-17(11)19-23-18(16-4-3-9-29-16)24-26(19)21(28)25(20)10-15(27)13-5-7-14(22)8-6-13/h3-9H,10H2,1-2H3. The molecule has 7 nitrogen and oxygen atoms in total. The molecule has 30 heavy (non-hydrogen) atoms. The second kappa shape index (κ2) is 7.03. The molecular formula is C21H15BrN4O3S. The first-order valence-corrected chi connectivity index (χ1v) is 10.8. The first-order valence-electron chi connectivity index (χ1n) is 9.16. The maximum atomic E-state index is 13.3. The molecule has 0 amide bonds. The van der Waals surface area contributed by atoms with Gasteiger partial charge in [-0.1, -0.05) is 28.1 Å². The number of hydrogen-bond acceptors (Lipinski definition) is 6. The number of hydrogen-bond donors (Lipinski definition) is 0. The number of ketones is 1. The lowest BCUT2D eigenvalue weighted by atomic mass is 10.1. The van der Waals surface area contributed by atoms with Crippen LogP contribution in [0.5, 0.6) is 0 Å². The van der Waals surface area contributed by atoms with Gasteiger partial charge in [-0.3, -0.25) is 9.36 Å². The van der Waals surface area contributed by atoms with Gasteiger partial charge in [0, 0.05) is 14.9 Å². The number of thiophene rings is 1. The summed E-state index contributed by atoms with van der Waals surface area (Å²) in [6.45, 7) is 3.90. The zero-order valence-corrected chi connectivity index (χ0v) is 18.5. The molecule has 5 aromatic rings. The first-order chi connectivity index (χ1) is 14.4. The van der Waals surface area contributed by atoms with Crippen molar-refractivity contribution in [2.24, 2.45) is 0 Å². The Kier molecular flexibility index (Phi) is 4.44. The fourth-order valence-corrected chi connectivity index (χ4v) is 4.80. The van der Waals surface area contributed by atoms with E-state index >= 15 is 0 Å². The van der Waals surface area contributed by atoms with Crippen LogP contribution in [0, 0.1) is 13.8 Å². The molecule has 9 heteroatoms. The Morgan fingerprint density at radius 1 is 1.20 bits per heavy atom. The van der Waals surface area contributed by atoms with E-state index < -0.39 is 5.69 Å². The summed E-state index contributed by atoms with van der Waals surface area (Å²) in [5.74, 6) is 0.660. The number of aryl methyl sites for hydroxylation is 2. The van der Waals surface area contributed by atoms with Gasteiger partial charge in [0.2, 0.25) is 5.82 Å².